The van der Waals surface area contributed by atoms with Crippen molar-refractivity contribution in [3.8, 4) is 17.5 Å². The van der Waals surface area contributed by atoms with E-state index in [1.54, 1.807) is 0 Å². The average molecular weight is 496 g/mol. The Morgan fingerprint density at radius 3 is 2.38 bits per heavy atom. The largest absolute Gasteiger partial charge is 0.342 e. The number of imidazole rings is 1. The highest BCUT2D eigenvalue weighted by Crippen LogP contribution is 2.42. The molecule has 0 bridgehead atoms. The minimum Gasteiger partial charge on any atom is -0.342 e. The van der Waals surface area contributed by atoms with Crippen LogP contribution in [0.1, 0.15) is 87.9 Å². The number of benzene rings is 2. The summed E-state index contributed by atoms with van der Waals surface area (Å²) in [6, 6.07) is 14.4. The van der Waals surface area contributed by atoms with Crippen LogP contribution < -0.4 is 0 Å². The maximum absolute atomic E-state index is 13.8. The van der Waals surface area contributed by atoms with Crippen molar-refractivity contribution < 1.29 is 4.79 Å². The molecule has 1 N–H and O–H groups in total. The molecule has 1 amide bonds. The topological polar surface area (TPSA) is 76.0 Å². The molecule has 1 saturated heterocycles. The van der Waals surface area contributed by atoms with E-state index in [0.717, 1.165) is 66.4 Å². The van der Waals surface area contributed by atoms with E-state index in [1.807, 2.05) is 17.0 Å². The molecule has 0 unspecified atom stereocenters. The number of carbonyl (C=O) groups excluding carboxylic acids is 1. The molecule has 5 rings (SSSR count). The molecule has 0 spiro atoms. The average Bonchev–Trinajstić information content (AvgIpc) is 3.22. The van der Waals surface area contributed by atoms with Crippen molar-refractivity contribution in [2.24, 2.45) is 0 Å². The lowest BCUT2D eigenvalue weighted by molar-refractivity contribution is 0.0712. The van der Waals surface area contributed by atoms with Gasteiger partial charge >= 0.3 is 0 Å². The third kappa shape index (κ3) is 5.19. The molecular formula is C31H37N5O. The standard InChI is InChI=1S/C31H37N5O/c1-20-16-27(25-6-5-7-25)28(30-33-21(2)29(34-30)19-35(3)4)17-26(20)31(37)36-14-12-24(13-15-36)23-10-8-22(18-32)9-11-23/h8-11,16-17,24-25H,5-7,12-15,19H2,1-4H3,(H,33,34). The molecule has 6 heteroatoms. The first-order chi connectivity index (χ1) is 17.8. The molecule has 2 heterocycles. The zero-order valence-corrected chi connectivity index (χ0v) is 22.5. The number of piperidine rings is 1. The van der Waals surface area contributed by atoms with Gasteiger partial charge in [0.15, 0.2) is 0 Å². The van der Waals surface area contributed by atoms with Crippen molar-refractivity contribution in [3.05, 3.63) is 75.6 Å². The minimum absolute atomic E-state index is 0.119. The lowest BCUT2D eigenvalue weighted by Crippen LogP contribution is -2.38. The van der Waals surface area contributed by atoms with E-state index in [2.05, 4.69) is 68.2 Å². The van der Waals surface area contributed by atoms with Crippen molar-refractivity contribution in [2.75, 3.05) is 27.2 Å². The van der Waals surface area contributed by atoms with Crippen LogP contribution in [-0.2, 0) is 6.54 Å². The normalized spacial score (nSPS) is 16.6. The summed E-state index contributed by atoms with van der Waals surface area (Å²) < 4.78 is 0. The Morgan fingerprint density at radius 1 is 1.08 bits per heavy atom. The number of aromatic amines is 1. The number of aryl methyl sites for hydroxylation is 2. The molecule has 3 aromatic rings. The predicted molar refractivity (Wildman–Crippen MR) is 147 cm³/mol. The molecule has 0 atom stereocenters. The number of nitriles is 1. The van der Waals surface area contributed by atoms with Gasteiger partial charge in [0.2, 0.25) is 0 Å². The van der Waals surface area contributed by atoms with Gasteiger partial charge in [-0.05, 0) is 100 Å². The SMILES string of the molecule is Cc1cc(C2CCC2)c(-c2nc(CN(C)C)c(C)[nH]2)cc1C(=O)N1CCC(c2ccc(C#N)cc2)CC1. The van der Waals surface area contributed by atoms with Crippen LogP contribution >= 0.6 is 0 Å². The Balaban J connectivity index is 1.39. The number of carbonyl (C=O) groups is 1. The maximum Gasteiger partial charge on any atom is 0.254 e. The molecule has 6 nitrogen and oxygen atoms in total. The Morgan fingerprint density at radius 2 is 1.78 bits per heavy atom. The highest BCUT2D eigenvalue weighted by Gasteiger charge is 2.29. The molecule has 2 aliphatic rings. The Labute approximate surface area is 220 Å². The molecule has 1 aliphatic carbocycles. The second kappa shape index (κ2) is 10.5. The third-order valence-electron chi connectivity index (χ3n) is 8.17. The minimum atomic E-state index is 0.119. The number of aromatic nitrogens is 2. The van der Waals surface area contributed by atoms with E-state index in [4.69, 9.17) is 10.2 Å². The molecule has 1 aromatic heterocycles. The second-order valence-corrected chi connectivity index (χ2v) is 11.1. The van der Waals surface area contributed by atoms with Crippen LogP contribution in [0.4, 0.5) is 0 Å². The third-order valence-corrected chi connectivity index (χ3v) is 8.17. The van der Waals surface area contributed by atoms with Gasteiger partial charge in [0.05, 0.1) is 17.3 Å². The molecule has 2 aromatic carbocycles. The fourth-order valence-electron chi connectivity index (χ4n) is 5.72. The number of H-pyrrole nitrogens is 1. The number of likely N-dealkylation sites (tertiary alicyclic amines) is 1. The Bertz CT molecular complexity index is 1320. The fraction of sp³-hybridized carbons (Fsp3) is 0.452. The van der Waals surface area contributed by atoms with E-state index in [0.29, 0.717) is 17.4 Å². The van der Waals surface area contributed by atoms with E-state index in [-0.39, 0.29) is 5.91 Å². The van der Waals surface area contributed by atoms with Crippen molar-refractivity contribution in [1.29, 1.82) is 5.26 Å². The van der Waals surface area contributed by atoms with Gasteiger partial charge in [-0.2, -0.15) is 5.26 Å². The number of rotatable bonds is 6. The molecule has 37 heavy (non-hydrogen) atoms. The molecule has 2 fully saturated rings. The molecule has 192 valence electrons. The molecule has 1 aliphatic heterocycles. The Hall–Kier alpha value is -3.43. The highest BCUT2D eigenvalue weighted by atomic mass is 16.2. The first-order valence-corrected chi connectivity index (χ1v) is 13.5. The van der Waals surface area contributed by atoms with Crippen LogP contribution in [0.15, 0.2) is 36.4 Å². The van der Waals surface area contributed by atoms with Crippen LogP contribution in [0.3, 0.4) is 0 Å². The van der Waals surface area contributed by atoms with Crippen LogP contribution in [0.5, 0.6) is 0 Å². The van der Waals surface area contributed by atoms with Gasteiger partial charge in [0.25, 0.3) is 5.91 Å². The van der Waals surface area contributed by atoms with Crippen molar-refractivity contribution in [2.45, 2.75) is 64.3 Å². The van der Waals surface area contributed by atoms with Gasteiger partial charge in [0, 0.05) is 36.5 Å². The van der Waals surface area contributed by atoms with E-state index in [1.165, 1.54) is 30.4 Å². The van der Waals surface area contributed by atoms with E-state index < -0.39 is 0 Å². The first kappa shape index (κ1) is 25.2. The highest BCUT2D eigenvalue weighted by molar-refractivity contribution is 5.97. The number of hydrogen-bond donors (Lipinski definition) is 1. The van der Waals surface area contributed by atoms with Crippen molar-refractivity contribution >= 4 is 5.91 Å². The van der Waals surface area contributed by atoms with Crippen LogP contribution in [0.2, 0.25) is 0 Å². The quantitative estimate of drug-likeness (QED) is 0.461. The van der Waals surface area contributed by atoms with E-state index in [9.17, 15) is 4.79 Å². The van der Waals surface area contributed by atoms with Crippen LogP contribution in [0, 0.1) is 25.2 Å². The van der Waals surface area contributed by atoms with Gasteiger partial charge < -0.3 is 14.8 Å². The summed E-state index contributed by atoms with van der Waals surface area (Å²) in [6.45, 7) is 6.43. The smallest absolute Gasteiger partial charge is 0.254 e. The van der Waals surface area contributed by atoms with Gasteiger partial charge in [-0.3, -0.25) is 4.79 Å². The van der Waals surface area contributed by atoms with Gasteiger partial charge in [-0.1, -0.05) is 24.6 Å². The van der Waals surface area contributed by atoms with E-state index >= 15 is 0 Å². The van der Waals surface area contributed by atoms with Crippen molar-refractivity contribution in [3.63, 3.8) is 0 Å². The van der Waals surface area contributed by atoms with Gasteiger partial charge in [-0.15, -0.1) is 0 Å². The van der Waals surface area contributed by atoms with Crippen molar-refractivity contribution in [1.82, 2.24) is 19.8 Å². The molecular weight excluding hydrogens is 458 g/mol. The number of nitrogens with zero attached hydrogens (tertiary/aromatic N) is 4. The van der Waals surface area contributed by atoms with Crippen LogP contribution in [0.25, 0.3) is 11.4 Å². The maximum atomic E-state index is 13.8. The predicted octanol–water partition coefficient (Wildman–Crippen LogP) is 5.91. The summed E-state index contributed by atoms with van der Waals surface area (Å²) in [7, 11) is 4.11. The second-order valence-electron chi connectivity index (χ2n) is 11.1. The van der Waals surface area contributed by atoms with Crippen LogP contribution in [-0.4, -0.2) is 52.9 Å². The lowest BCUT2D eigenvalue weighted by atomic mass is 9.77. The number of hydrogen-bond acceptors (Lipinski definition) is 4. The fourth-order valence-corrected chi connectivity index (χ4v) is 5.72. The zero-order chi connectivity index (χ0) is 26.1. The zero-order valence-electron chi connectivity index (χ0n) is 22.5. The van der Waals surface area contributed by atoms with Gasteiger partial charge in [-0.25, -0.2) is 4.98 Å². The summed E-state index contributed by atoms with van der Waals surface area (Å²) in [5.41, 5.74) is 8.34. The summed E-state index contributed by atoms with van der Waals surface area (Å²) in [4.78, 5) is 26.4. The summed E-state index contributed by atoms with van der Waals surface area (Å²) in [5, 5.41) is 9.07. The molecule has 1 saturated carbocycles. The summed E-state index contributed by atoms with van der Waals surface area (Å²) in [6.07, 6.45) is 5.55. The first-order valence-electron chi connectivity index (χ1n) is 13.5. The summed E-state index contributed by atoms with van der Waals surface area (Å²) in [5.74, 6) is 1.97. The van der Waals surface area contributed by atoms with Gasteiger partial charge in [0.1, 0.15) is 5.82 Å². The monoisotopic (exact) mass is 495 g/mol. The molecule has 0 radical (unpaired) electrons. The lowest BCUT2D eigenvalue weighted by Gasteiger charge is -2.33. The number of nitrogens with one attached hydrogen (secondary N) is 1. The number of amides is 1. The summed E-state index contributed by atoms with van der Waals surface area (Å²) >= 11 is 0. The Kier molecular flexibility index (Phi) is 7.17.